The Morgan fingerprint density at radius 2 is 2.05 bits per heavy atom. The van der Waals surface area contributed by atoms with E-state index in [1.807, 2.05) is 24.3 Å². The molecule has 1 aromatic carbocycles. The third-order valence-electron chi connectivity index (χ3n) is 2.54. The molecule has 0 saturated carbocycles. The van der Waals surface area contributed by atoms with E-state index in [1.165, 1.54) is 7.11 Å². The van der Waals surface area contributed by atoms with Crippen LogP contribution < -0.4 is 15.8 Å². The van der Waals surface area contributed by atoms with Gasteiger partial charge in [-0.15, -0.1) is 0 Å². The molecule has 0 unspecified atom stereocenters. The lowest BCUT2D eigenvalue weighted by Crippen LogP contribution is -2.28. The Morgan fingerprint density at radius 1 is 1.32 bits per heavy atom. The first-order valence-electron chi connectivity index (χ1n) is 5.67. The van der Waals surface area contributed by atoms with Gasteiger partial charge in [0.2, 0.25) is 0 Å². The summed E-state index contributed by atoms with van der Waals surface area (Å²) < 4.78 is 4.91. The molecular formula is C13H14N4O2. The van der Waals surface area contributed by atoms with Crippen LogP contribution in [0.1, 0.15) is 5.56 Å². The molecule has 3 N–H and O–H groups in total. The maximum atomic E-state index is 10.7. The van der Waals surface area contributed by atoms with Crippen molar-refractivity contribution in [2.24, 2.45) is 5.73 Å². The molecule has 6 heteroatoms. The molecule has 6 nitrogen and oxygen atoms in total. The van der Waals surface area contributed by atoms with Crippen LogP contribution in [0.25, 0.3) is 11.1 Å². The number of carbonyl (C=O) groups is 1. The van der Waals surface area contributed by atoms with E-state index in [-0.39, 0.29) is 0 Å². The third kappa shape index (κ3) is 3.41. The lowest BCUT2D eigenvalue weighted by Gasteiger charge is -2.06. The molecule has 0 aliphatic carbocycles. The topological polar surface area (TPSA) is 90.1 Å². The van der Waals surface area contributed by atoms with Gasteiger partial charge in [-0.2, -0.15) is 0 Å². The number of nitrogens with zero attached hydrogens (tertiary/aromatic N) is 2. The second-order valence-electron chi connectivity index (χ2n) is 3.88. The lowest BCUT2D eigenvalue weighted by atomic mass is 10.1. The number of urea groups is 1. The van der Waals surface area contributed by atoms with Gasteiger partial charge in [-0.25, -0.2) is 14.8 Å². The van der Waals surface area contributed by atoms with Gasteiger partial charge in [-0.05, 0) is 17.2 Å². The minimum Gasteiger partial charge on any atom is -0.467 e. The van der Waals surface area contributed by atoms with Gasteiger partial charge in [0, 0.05) is 24.5 Å². The summed E-state index contributed by atoms with van der Waals surface area (Å²) in [6.45, 7) is 0.389. The van der Waals surface area contributed by atoms with Crippen LogP contribution in [0.4, 0.5) is 4.79 Å². The van der Waals surface area contributed by atoms with E-state index in [0.29, 0.717) is 12.6 Å². The van der Waals surface area contributed by atoms with Gasteiger partial charge in [-0.1, -0.05) is 18.2 Å². The molecule has 1 heterocycles. The van der Waals surface area contributed by atoms with Crippen molar-refractivity contribution >= 4 is 6.03 Å². The molecule has 0 bridgehead atoms. The summed E-state index contributed by atoms with van der Waals surface area (Å²) in [5.41, 5.74) is 7.83. The number of nitrogens with one attached hydrogen (secondary N) is 1. The van der Waals surface area contributed by atoms with E-state index in [4.69, 9.17) is 10.5 Å². The zero-order chi connectivity index (χ0) is 13.7. The fourth-order valence-corrected chi connectivity index (χ4v) is 1.62. The second kappa shape index (κ2) is 5.81. The molecule has 1 aromatic heterocycles. The maximum absolute atomic E-state index is 10.7. The number of ether oxygens (including phenoxy) is 1. The van der Waals surface area contributed by atoms with Crippen LogP contribution >= 0.6 is 0 Å². The van der Waals surface area contributed by atoms with Crippen LogP contribution in [-0.2, 0) is 6.54 Å². The number of aromatic nitrogens is 2. The molecule has 0 saturated heterocycles. The molecule has 0 aliphatic heterocycles. The van der Waals surface area contributed by atoms with Gasteiger partial charge >= 0.3 is 12.0 Å². The lowest BCUT2D eigenvalue weighted by molar-refractivity contribution is 0.248. The SMILES string of the molecule is COc1ncc(-c2cccc(CNC(N)=O)c2)cn1. The predicted octanol–water partition coefficient (Wildman–Crippen LogP) is 1.32. The molecule has 0 radical (unpaired) electrons. The monoisotopic (exact) mass is 258 g/mol. The van der Waals surface area contributed by atoms with Gasteiger partial charge in [0.25, 0.3) is 0 Å². The Morgan fingerprint density at radius 3 is 2.68 bits per heavy atom. The Hall–Kier alpha value is -2.63. The van der Waals surface area contributed by atoms with E-state index in [2.05, 4.69) is 15.3 Å². The summed E-state index contributed by atoms with van der Waals surface area (Å²) in [6.07, 6.45) is 3.37. The summed E-state index contributed by atoms with van der Waals surface area (Å²) in [6, 6.07) is 7.48. The Labute approximate surface area is 110 Å². The van der Waals surface area contributed by atoms with Crippen molar-refractivity contribution in [1.29, 1.82) is 0 Å². The van der Waals surface area contributed by atoms with Crippen LogP contribution in [0.15, 0.2) is 36.7 Å². The Kier molecular flexibility index (Phi) is 3.92. The number of hydrogen-bond donors (Lipinski definition) is 2. The zero-order valence-corrected chi connectivity index (χ0v) is 10.5. The second-order valence-corrected chi connectivity index (χ2v) is 3.88. The highest BCUT2D eigenvalue weighted by atomic mass is 16.5. The van der Waals surface area contributed by atoms with Crippen LogP contribution in [-0.4, -0.2) is 23.1 Å². The molecule has 0 aliphatic rings. The van der Waals surface area contributed by atoms with Gasteiger partial charge in [0.1, 0.15) is 0 Å². The summed E-state index contributed by atoms with van der Waals surface area (Å²) in [5.74, 6) is 0. The van der Waals surface area contributed by atoms with Crippen LogP contribution in [0.2, 0.25) is 0 Å². The highest BCUT2D eigenvalue weighted by Crippen LogP contribution is 2.19. The van der Waals surface area contributed by atoms with Crippen molar-refractivity contribution in [3.8, 4) is 17.1 Å². The van der Waals surface area contributed by atoms with Crippen molar-refractivity contribution in [3.05, 3.63) is 42.2 Å². The first-order chi connectivity index (χ1) is 9.19. The average Bonchev–Trinajstić information content (AvgIpc) is 2.45. The van der Waals surface area contributed by atoms with Crippen molar-refractivity contribution in [2.45, 2.75) is 6.54 Å². The average molecular weight is 258 g/mol. The van der Waals surface area contributed by atoms with Gasteiger partial charge in [0.05, 0.1) is 7.11 Å². The Balaban J connectivity index is 2.19. The smallest absolute Gasteiger partial charge is 0.316 e. The normalized spacial score (nSPS) is 9.95. The first-order valence-corrected chi connectivity index (χ1v) is 5.67. The third-order valence-corrected chi connectivity index (χ3v) is 2.54. The predicted molar refractivity (Wildman–Crippen MR) is 70.4 cm³/mol. The van der Waals surface area contributed by atoms with E-state index in [1.54, 1.807) is 12.4 Å². The first kappa shape index (κ1) is 12.8. The fraction of sp³-hybridized carbons (Fsp3) is 0.154. The van der Waals surface area contributed by atoms with Crippen LogP contribution in [0.3, 0.4) is 0 Å². The van der Waals surface area contributed by atoms with Crippen LogP contribution in [0, 0.1) is 0 Å². The van der Waals surface area contributed by atoms with E-state index in [9.17, 15) is 4.79 Å². The minimum absolute atomic E-state index is 0.329. The number of hydrogen-bond acceptors (Lipinski definition) is 4. The summed E-state index contributed by atoms with van der Waals surface area (Å²) in [7, 11) is 1.52. The zero-order valence-electron chi connectivity index (χ0n) is 10.5. The molecule has 0 atom stereocenters. The molecular weight excluding hydrogens is 244 g/mol. The molecule has 2 aromatic rings. The standard InChI is InChI=1S/C13H14N4O2/c1-19-13-16-7-11(8-17-13)10-4-2-3-9(5-10)6-15-12(14)18/h2-5,7-8H,6H2,1H3,(H3,14,15,18). The van der Waals surface area contributed by atoms with E-state index >= 15 is 0 Å². The van der Waals surface area contributed by atoms with Gasteiger partial charge in [0.15, 0.2) is 0 Å². The van der Waals surface area contributed by atoms with Crippen molar-refractivity contribution < 1.29 is 9.53 Å². The maximum Gasteiger partial charge on any atom is 0.316 e. The van der Waals surface area contributed by atoms with Gasteiger partial charge in [-0.3, -0.25) is 0 Å². The highest BCUT2D eigenvalue weighted by Gasteiger charge is 2.02. The molecule has 2 rings (SSSR count). The number of rotatable bonds is 4. The van der Waals surface area contributed by atoms with E-state index < -0.39 is 6.03 Å². The summed E-state index contributed by atoms with van der Waals surface area (Å²) in [4.78, 5) is 18.8. The number of benzene rings is 1. The fourth-order valence-electron chi connectivity index (χ4n) is 1.62. The molecule has 98 valence electrons. The number of methoxy groups -OCH3 is 1. The van der Waals surface area contributed by atoms with Gasteiger partial charge < -0.3 is 15.8 Å². The summed E-state index contributed by atoms with van der Waals surface area (Å²) in [5, 5.41) is 2.55. The molecule has 2 amide bonds. The molecule has 0 spiro atoms. The quantitative estimate of drug-likeness (QED) is 0.865. The molecule has 19 heavy (non-hydrogen) atoms. The van der Waals surface area contributed by atoms with Crippen molar-refractivity contribution in [1.82, 2.24) is 15.3 Å². The van der Waals surface area contributed by atoms with Crippen molar-refractivity contribution in [3.63, 3.8) is 0 Å². The minimum atomic E-state index is -0.543. The Bertz CT molecular complexity index is 569. The number of amides is 2. The largest absolute Gasteiger partial charge is 0.467 e. The molecule has 0 fully saturated rings. The number of carbonyl (C=O) groups excluding carboxylic acids is 1. The van der Waals surface area contributed by atoms with E-state index in [0.717, 1.165) is 16.7 Å². The van der Waals surface area contributed by atoms with Crippen LogP contribution in [0.5, 0.6) is 6.01 Å². The highest BCUT2D eigenvalue weighted by molar-refractivity contribution is 5.71. The number of nitrogens with two attached hydrogens (primary N) is 1. The number of primary amides is 1. The van der Waals surface area contributed by atoms with Crippen molar-refractivity contribution in [2.75, 3.05) is 7.11 Å². The summed E-state index contributed by atoms with van der Waals surface area (Å²) >= 11 is 0.